The molecule has 0 saturated heterocycles. The second-order valence-corrected chi connectivity index (χ2v) is 6.23. The first-order valence-corrected chi connectivity index (χ1v) is 8.71. The summed E-state index contributed by atoms with van der Waals surface area (Å²) in [6.45, 7) is 3.62. The second kappa shape index (κ2) is 9.73. The van der Waals surface area contributed by atoms with E-state index in [2.05, 4.69) is 9.97 Å². The van der Waals surface area contributed by atoms with Crippen LogP contribution in [-0.2, 0) is 0 Å². The van der Waals surface area contributed by atoms with Crippen LogP contribution in [0.5, 0.6) is 0 Å². The van der Waals surface area contributed by atoms with Crippen LogP contribution in [0.4, 0.5) is 27.5 Å². The van der Waals surface area contributed by atoms with Crippen molar-refractivity contribution in [3.8, 4) is 0 Å². The zero-order valence-electron chi connectivity index (χ0n) is 16.5. The molecule has 12 heteroatoms. The van der Waals surface area contributed by atoms with Crippen molar-refractivity contribution >= 4 is 28.8 Å². The van der Waals surface area contributed by atoms with Crippen LogP contribution in [0.25, 0.3) is 0 Å². The Morgan fingerprint density at radius 3 is 1.65 bits per heavy atom. The van der Waals surface area contributed by atoms with Gasteiger partial charge in [0.05, 0.1) is 21.2 Å². The lowest BCUT2D eigenvalue weighted by molar-refractivity contribution is -0.385. The molecule has 3 rings (SSSR count). The van der Waals surface area contributed by atoms with Gasteiger partial charge in [-0.1, -0.05) is 0 Å². The number of H-pyrrole nitrogens is 1. The zero-order valence-corrected chi connectivity index (χ0v) is 16.5. The molecule has 0 spiro atoms. The van der Waals surface area contributed by atoms with Gasteiger partial charge in [0.15, 0.2) is 0 Å². The Morgan fingerprint density at radius 1 is 0.935 bits per heavy atom. The molecule has 3 aromatic rings. The minimum atomic E-state index is -0.817. The van der Waals surface area contributed by atoms with Crippen LogP contribution in [0.15, 0.2) is 59.4 Å². The number of non-ortho nitro benzene ring substituents is 2. The van der Waals surface area contributed by atoms with Gasteiger partial charge >= 0.3 is 11.7 Å². The highest BCUT2D eigenvalue weighted by atomic mass is 16.6. The molecular weight excluding hydrogens is 408 g/mol. The van der Waals surface area contributed by atoms with Crippen LogP contribution >= 0.6 is 0 Å². The summed E-state index contributed by atoms with van der Waals surface area (Å²) >= 11 is 0. The molecule has 31 heavy (non-hydrogen) atoms. The number of hydrogen-bond donors (Lipinski definition) is 2. The summed E-state index contributed by atoms with van der Waals surface area (Å²) in [6, 6.07) is 11.4. The molecule has 0 aliphatic carbocycles. The monoisotopic (exact) mass is 426 g/mol. The fraction of sp³-hybridized carbons (Fsp3) is 0.105. The van der Waals surface area contributed by atoms with Crippen LogP contribution in [0.2, 0.25) is 0 Å². The Hall–Kier alpha value is -4.61. The SMILES string of the molecule is Cc1cc(C)[nH]c(=O)n1.NC(=O)N(c1ccc([N+](=O)[O-])cc1)c1ccc([N+](=O)[O-])cc1. The Morgan fingerprint density at radius 2 is 1.35 bits per heavy atom. The van der Waals surface area contributed by atoms with Crippen molar-refractivity contribution in [1.82, 2.24) is 9.97 Å². The Balaban J connectivity index is 0.000000316. The maximum absolute atomic E-state index is 11.6. The summed E-state index contributed by atoms with van der Waals surface area (Å²) in [7, 11) is 0. The van der Waals surface area contributed by atoms with Gasteiger partial charge in [-0.05, 0) is 44.2 Å². The maximum atomic E-state index is 11.6. The first kappa shape index (κ1) is 22.7. The van der Waals surface area contributed by atoms with Crippen molar-refractivity contribution < 1.29 is 14.6 Å². The number of carbonyl (C=O) groups is 1. The molecule has 0 fully saturated rings. The van der Waals surface area contributed by atoms with Gasteiger partial charge in [0, 0.05) is 35.7 Å². The molecule has 0 aliphatic rings. The number of hydrogen-bond acceptors (Lipinski definition) is 7. The van der Waals surface area contributed by atoms with Crippen LogP contribution in [-0.4, -0.2) is 25.8 Å². The summed E-state index contributed by atoms with van der Waals surface area (Å²) in [6.07, 6.45) is 0. The zero-order chi connectivity index (χ0) is 23.1. The number of nitro groups is 2. The van der Waals surface area contributed by atoms with E-state index in [1.165, 1.54) is 48.5 Å². The topological polar surface area (TPSA) is 178 Å². The van der Waals surface area contributed by atoms with Crippen LogP contribution in [0, 0.1) is 34.1 Å². The number of nitrogens with two attached hydrogens (primary N) is 1. The number of urea groups is 1. The Bertz CT molecular complexity index is 1080. The average molecular weight is 426 g/mol. The predicted molar refractivity (Wildman–Crippen MR) is 112 cm³/mol. The minimum absolute atomic E-state index is 0.128. The fourth-order valence-electron chi connectivity index (χ4n) is 2.59. The number of nitrogens with zero attached hydrogens (tertiary/aromatic N) is 4. The van der Waals surface area contributed by atoms with Gasteiger partial charge < -0.3 is 10.7 Å². The summed E-state index contributed by atoms with van der Waals surface area (Å²) < 4.78 is 0. The molecule has 0 bridgehead atoms. The largest absolute Gasteiger partial charge is 0.351 e. The van der Waals surface area contributed by atoms with E-state index in [1.54, 1.807) is 6.92 Å². The van der Waals surface area contributed by atoms with E-state index in [9.17, 15) is 29.8 Å². The average Bonchev–Trinajstić information content (AvgIpc) is 2.68. The number of primary amides is 1. The number of amides is 2. The third kappa shape index (κ3) is 6.19. The maximum Gasteiger partial charge on any atom is 0.345 e. The number of nitro benzene ring substituents is 2. The first-order chi connectivity index (χ1) is 14.6. The number of carbonyl (C=O) groups excluding carboxylic acids is 1. The smallest absolute Gasteiger partial charge is 0.345 e. The normalized spacial score (nSPS) is 9.87. The van der Waals surface area contributed by atoms with Gasteiger partial charge in [-0.3, -0.25) is 25.1 Å². The predicted octanol–water partition coefficient (Wildman–Crippen LogP) is 3.11. The van der Waals surface area contributed by atoms with Crippen LogP contribution in [0.3, 0.4) is 0 Å². The number of benzene rings is 2. The molecule has 1 aromatic heterocycles. The first-order valence-electron chi connectivity index (χ1n) is 8.71. The number of aromatic amines is 1. The highest BCUT2D eigenvalue weighted by Crippen LogP contribution is 2.28. The summed E-state index contributed by atoms with van der Waals surface area (Å²) in [4.78, 5) is 49.5. The number of nitrogens with one attached hydrogen (secondary N) is 1. The van der Waals surface area contributed by atoms with Crippen molar-refractivity contribution in [2.75, 3.05) is 4.90 Å². The number of anilines is 2. The molecule has 2 amide bonds. The lowest BCUT2D eigenvalue weighted by Crippen LogP contribution is -2.31. The summed E-state index contributed by atoms with van der Waals surface area (Å²) in [5.74, 6) is 0. The highest BCUT2D eigenvalue weighted by Gasteiger charge is 2.17. The van der Waals surface area contributed by atoms with Crippen molar-refractivity contribution in [2.45, 2.75) is 13.8 Å². The van der Waals surface area contributed by atoms with Gasteiger partial charge in [-0.2, -0.15) is 4.98 Å². The summed E-state index contributed by atoms with van der Waals surface area (Å²) in [5, 5.41) is 21.2. The number of rotatable bonds is 4. The number of aryl methyl sites for hydroxylation is 2. The van der Waals surface area contributed by atoms with E-state index in [-0.39, 0.29) is 17.1 Å². The standard InChI is InChI=1S/C13H10N4O5.C6H8N2O/c14-13(18)15(9-1-5-11(6-2-9)16(19)20)10-3-7-12(8-4-10)17(21)22;1-4-3-5(2)8-6(9)7-4/h1-8H,(H2,14,18);3H,1-2H3,(H,7,8,9). The molecule has 160 valence electrons. The molecule has 0 unspecified atom stereocenters. The van der Waals surface area contributed by atoms with Crippen LogP contribution in [0.1, 0.15) is 11.4 Å². The third-order valence-corrected chi connectivity index (χ3v) is 3.87. The van der Waals surface area contributed by atoms with Crippen molar-refractivity contribution in [3.63, 3.8) is 0 Å². The molecule has 0 atom stereocenters. The highest BCUT2D eigenvalue weighted by molar-refractivity contribution is 5.98. The van der Waals surface area contributed by atoms with Crippen molar-refractivity contribution in [1.29, 1.82) is 0 Å². The van der Waals surface area contributed by atoms with E-state index < -0.39 is 15.9 Å². The third-order valence-electron chi connectivity index (χ3n) is 3.87. The summed E-state index contributed by atoms with van der Waals surface area (Å²) in [5.41, 5.74) is 7.03. The Labute approximate surface area is 175 Å². The van der Waals surface area contributed by atoms with Gasteiger partial charge in [-0.25, -0.2) is 9.59 Å². The van der Waals surface area contributed by atoms with Crippen LogP contribution < -0.4 is 16.3 Å². The minimum Gasteiger partial charge on any atom is -0.351 e. The van der Waals surface area contributed by atoms with Gasteiger partial charge in [0.1, 0.15) is 0 Å². The lowest BCUT2D eigenvalue weighted by Gasteiger charge is -2.20. The van der Waals surface area contributed by atoms with E-state index in [4.69, 9.17) is 5.73 Å². The molecule has 3 N–H and O–H groups in total. The lowest BCUT2D eigenvalue weighted by atomic mass is 10.2. The molecule has 12 nitrogen and oxygen atoms in total. The van der Waals surface area contributed by atoms with Gasteiger partial charge in [-0.15, -0.1) is 0 Å². The fourth-order valence-corrected chi connectivity index (χ4v) is 2.59. The van der Waals surface area contributed by atoms with Crippen molar-refractivity contribution in [2.24, 2.45) is 5.73 Å². The van der Waals surface area contributed by atoms with Gasteiger partial charge in [0.25, 0.3) is 11.4 Å². The Kier molecular flexibility index (Phi) is 7.12. The molecule has 1 heterocycles. The molecule has 2 aromatic carbocycles. The molecular formula is C19H18N6O6. The molecule has 0 radical (unpaired) electrons. The van der Waals surface area contributed by atoms with E-state index >= 15 is 0 Å². The quantitative estimate of drug-likeness (QED) is 0.475. The second-order valence-electron chi connectivity index (χ2n) is 6.23. The van der Waals surface area contributed by atoms with E-state index in [1.807, 2.05) is 13.0 Å². The van der Waals surface area contributed by atoms with E-state index in [0.717, 1.165) is 16.3 Å². The molecule has 0 saturated carbocycles. The van der Waals surface area contributed by atoms with Gasteiger partial charge in [0.2, 0.25) is 0 Å². The van der Waals surface area contributed by atoms with E-state index in [0.29, 0.717) is 11.4 Å². The molecule has 0 aliphatic heterocycles. The number of aromatic nitrogens is 2. The van der Waals surface area contributed by atoms with Crippen molar-refractivity contribution in [3.05, 3.63) is 96.7 Å².